The quantitative estimate of drug-likeness (QED) is 0.213. The van der Waals surface area contributed by atoms with E-state index in [-0.39, 0.29) is 0 Å². The van der Waals surface area contributed by atoms with Crippen molar-refractivity contribution in [1.29, 1.82) is 0 Å². The van der Waals surface area contributed by atoms with Gasteiger partial charge in [-0.25, -0.2) is 26.7 Å². The van der Waals surface area contributed by atoms with Crippen LogP contribution in [0.15, 0.2) is 12.4 Å². The Bertz CT molecular complexity index is 622. The van der Waals surface area contributed by atoms with Gasteiger partial charge in [0.1, 0.15) is 12.4 Å². The Balaban J connectivity index is 0.000000621. The van der Waals surface area contributed by atoms with Crippen LogP contribution >= 0.6 is 0 Å². The molecule has 0 radical (unpaired) electrons. The summed E-state index contributed by atoms with van der Waals surface area (Å²) in [6, 6.07) is 0. The zero-order valence-electron chi connectivity index (χ0n) is 16.6. The van der Waals surface area contributed by atoms with E-state index in [4.69, 9.17) is 0 Å². The third-order valence-electron chi connectivity index (χ3n) is 4.33. The lowest BCUT2D eigenvalue weighted by molar-refractivity contribution is -0.677. The molecule has 1 heterocycles. The van der Waals surface area contributed by atoms with E-state index in [0.717, 1.165) is 0 Å². The van der Waals surface area contributed by atoms with E-state index >= 15 is 0 Å². The summed E-state index contributed by atoms with van der Waals surface area (Å²) < 4.78 is 74.9. The number of aryl methyl sites for hydroxylation is 2. The summed E-state index contributed by atoms with van der Waals surface area (Å²) in [6.45, 7) is 2.28. The number of alkyl halides is 4. The number of nitrogens with zero attached hydrogens (tertiary/aromatic N) is 1. The highest BCUT2D eigenvalue weighted by Gasteiger charge is 2.48. The molecule has 0 amide bonds. The summed E-state index contributed by atoms with van der Waals surface area (Å²) in [7, 11) is -4.12. The number of hydrogen-bond acceptors (Lipinski definition) is 3. The zero-order valence-corrected chi connectivity index (χ0v) is 17.4. The van der Waals surface area contributed by atoms with Crippen LogP contribution in [-0.4, -0.2) is 29.6 Å². The average Bonchev–Trinajstić information content (AvgIpc) is 3.01. The summed E-state index contributed by atoms with van der Waals surface area (Å²) >= 11 is 0. The smallest absolute Gasteiger partial charge is 0.393 e. The summed E-state index contributed by atoms with van der Waals surface area (Å²) in [5.41, 5.74) is 0. The molecule has 28 heavy (non-hydrogen) atoms. The number of H-pyrrole nitrogens is 1. The molecular formula is C18H32F4N2O3S. The monoisotopic (exact) mass is 432 g/mol. The molecule has 0 atom stereocenters. The molecule has 0 unspecified atom stereocenters. The molecule has 1 N–H and O–H groups in total. The highest BCUT2D eigenvalue weighted by atomic mass is 32.2. The van der Waals surface area contributed by atoms with Gasteiger partial charge in [-0.1, -0.05) is 64.7 Å². The van der Waals surface area contributed by atoms with Crippen molar-refractivity contribution in [2.24, 2.45) is 7.05 Å². The van der Waals surface area contributed by atoms with Gasteiger partial charge in [-0.15, -0.1) is 0 Å². The van der Waals surface area contributed by atoms with Gasteiger partial charge >= 0.3 is 11.7 Å². The van der Waals surface area contributed by atoms with Crippen LogP contribution in [0.5, 0.6) is 0 Å². The Labute approximate surface area is 165 Å². The Hall–Kier alpha value is -1.16. The number of imidazole rings is 1. The molecular weight excluding hydrogens is 400 g/mol. The Kier molecular flexibility index (Phi) is 13.3. The fourth-order valence-electron chi connectivity index (χ4n) is 2.57. The van der Waals surface area contributed by atoms with Crippen molar-refractivity contribution in [3.8, 4) is 0 Å². The predicted octanol–water partition coefficient (Wildman–Crippen LogP) is 4.69. The number of halogens is 4. The topological polar surface area (TPSA) is 76.9 Å². The second-order valence-corrected chi connectivity index (χ2v) is 8.22. The zero-order chi connectivity index (χ0) is 21.6. The molecule has 0 saturated carbocycles. The van der Waals surface area contributed by atoms with Crippen molar-refractivity contribution in [2.75, 3.05) is 0 Å². The number of aromatic amines is 1. The fourth-order valence-corrected chi connectivity index (χ4v) is 2.79. The number of hydrogen-bond donors (Lipinski definition) is 1. The summed E-state index contributed by atoms with van der Waals surface area (Å²) in [5.74, 6) is 1.36. The predicted molar refractivity (Wildman–Crippen MR) is 98.2 cm³/mol. The minimum absolute atomic E-state index is 1.19. The lowest BCUT2D eigenvalue weighted by Gasteiger charge is -2.17. The Morgan fingerprint density at radius 2 is 1.50 bits per heavy atom. The van der Waals surface area contributed by atoms with Crippen LogP contribution in [0.1, 0.15) is 77.0 Å². The van der Waals surface area contributed by atoms with Crippen molar-refractivity contribution < 1.29 is 35.1 Å². The molecule has 5 nitrogen and oxygen atoms in total. The van der Waals surface area contributed by atoms with Crippen molar-refractivity contribution in [3.05, 3.63) is 18.2 Å². The number of unbranched alkanes of at least 4 members (excludes halogenated alkanes) is 9. The molecule has 0 saturated heterocycles. The van der Waals surface area contributed by atoms with Gasteiger partial charge in [0.2, 0.25) is 0 Å². The summed E-state index contributed by atoms with van der Waals surface area (Å²) in [5, 5.41) is -5.48. The van der Waals surface area contributed by atoms with Crippen LogP contribution in [0.4, 0.5) is 17.6 Å². The van der Waals surface area contributed by atoms with Gasteiger partial charge in [0, 0.05) is 6.42 Å². The minimum atomic E-state index is -6.23. The molecule has 0 fully saturated rings. The standard InChI is InChI=1S/C16H30N2.C2H2F4O3S/c1-3-4-5-6-7-8-9-10-11-12-13-16-17-14-15-18(16)2;3-1(4)2(5,6)10(7,8)9/h14-15H,3-13H2,1-2H3;1H,(H,7,8,9). The highest BCUT2D eigenvalue weighted by Crippen LogP contribution is 2.27. The van der Waals surface area contributed by atoms with Crippen LogP contribution in [0, 0.1) is 0 Å². The molecule has 0 aromatic carbocycles. The van der Waals surface area contributed by atoms with Gasteiger partial charge in [0.15, 0.2) is 10.1 Å². The van der Waals surface area contributed by atoms with Crippen molar-refractivity contribution in [2.45, 2.75) is 89.2 Å². The fraction of sp³-hybridized carbons (Fsp3) is 0.833. The minimum Gasteiger partial charge on any atom is -0.743 e. The van der Waals surface area contributed by atoms with E-state index < -0.39 is 21.8 Å². The maximum atomic E-state index is 11.4. The lowest BCUT2D eigenvalue weighted by Crippen LogP contribution is -2.36. The molecule has 0 aliphatic carbocycles. The Morgan fingerprint density at radius 1 is 1.04 bits per heavy atom. The van der Waals surface area contributed by atoms with E-state index in [1.165, 1.54) is 76.5 Å². The molecule has 0 aliphatic rings. The molecule has 1 aromatic rings. The van der Waals surface area contributed by atoms with Crippen LogP contribution < -0.4 is 4.57 Å². The SMILES string of the molecule is CCCCCCCCCCCCc1[nH]cc[n+]1C.O=S(=O)([O-])C(F)(F)C(F)F. The molecule has 0 bridgehead atoms. The molecule has 0 spiro atoms. The van der Waals surface area contributed by atoms with Crippen LogP contribution in [-0.2, 0) is 23.6 Å². The number of nitrogens with one attached hydrogen (secondary N) is 1. The van der Waals surface area contributed by atoms with Gasteiger partial charge in [-0.05, 0) is 6.42 Å². The van der Waals surface area contributed by atoms with Crippen LogP contribution in [0.2, 0.25) is 0 Å². The first-order valence-corrected chi connectivity index (χ1v) is 11.1. The van der Waals surface area contributed by atoms with Crippen molar-refractivity contribution in [1.82, 2.24) is 4.98 Å². The third-order valence-corrected chi connectivity index (χ3v) is 5.17. The van der Waals surface area contributed by atoms with Gasteiger partial charge < -0.3 is 4.55 Å². The van der Waals surface area contributed by atoms with Gasteiger partial charge in [0.25, 0.3) is 5.82 Å². The van der Waals surface area contributed by atoms with Gasteiger partial charge in [0.05, 0.1) is 7.05 Å². The maximum absolute atomic E-state index is 11.4. The maximum Gasteiger partial charge on any atom is 0.393 e. The highest BCUT2D eigenvalue weighted by molar-refractivity contribution is 7.86. The molecule has 166 valence electrons. The summed E-state index contributed by atoms with van der Waals surface area (Å²) in [4.78, 5) is 3.30. The van der Waals surface area contributed by atoms with Crippen molar-refractivity contribution >= 4 is 10.1 Å². The van der Waals surface area contributed by atoms with E-state index in [2.05, 4.69) is 29.7 Å². The number of aromatic nitrogens is 2. The van der Waals surface area contributed by atoms with Gasteiger partial charge in [-0.2, -0.15) is 8.78 Å². The first-order valence-electron chi connectivity index (χ1n) is 9.67. The first-order chi connectivity index (χ1) is 13.0. The second kappa shape index (κ2) is 13.9. The van der Waals surface area contributed by atoms with E-state index in [9.17, 15) is 30.5 Å². The van der Waals surface area contributed by atoms with Crippen LogP contribution in [0.3, 0.4) is 0 Å². The van der Waals surface area contributed by atoms with E-state index in [0.29, 0.717) is 0 Å². The second-order valence-electron chi connectivity index (χ2n) is 6.77. The molecule has 1 aromatic heterocycles. The van der Waals surface area contributed by atoms with E-state index in [1.807, 2.05) is 6.20 Å². The van der Waals surface area contributed by atoms with E-state index in [1.54, 1.807) is 0 Å². The number of rotatable bonds is 13. The van der Waals surface area contributed by atoms with Crippen molar-refractivity contribution in [3.63, 3.8) is 0 Å². The first kappa shape index (κ1) is 26.8. The van der Waals surface area contributed by atoms with Gasteiger partial charge in [-0.3, -0.25) is 0 Å². The molecule has 10 heteroatoms. The summed E-state index contributed by atoms with van der Waals surface area (Å²) in [6.07, 6.45) is 15.0. The third kappa shape index (κ3) is 11.0. The molecule has 1 rings (SSSR count). The van der Waals surface area contributed by atoms with Crippen LogP contribution in [0.25, 0.3) is 0 Å². The lowest BCUT2D eigenvalue weighted by atomic mass is 10.1. The molecule has 0 aliphatic heterocycles. The largest absolute Gasteiger partial charge is 0.743 e. The average molecular weight is 433 g/mol. The normalized spacial score (nSPS) is 12.1. The Morgan fingerprint density at radius 3 is 1.82 bits per heavy atom.